The van der Waals surface area contributed by atoms with E-state index >= 15 is 0 Å². The molecule has 1 fully saturated rings. The van der Waals surface area contributed by atoms with Crippen molar-refractivity contribution in [1.29, 1.82) is 0 Å². The molecular weight excluding hydrogens is 340 g/mol. The number of aliphatic hydroxyl groups excluding tert-OH is 3. The molecule has 9 nitrogen and oxygen atoms in total. The van der Waals surface area contributed by atoms with Gasteiger partial charge >= 0.3 is 0 Å². The zero-order valence-corrected chi connectivity index (χ0v) is 13.7. The van der Waals surface area contributed by atoms with E-state index in [2.05, 4.69) is 9.97 Å². The first kappa shape index (κ1) is 16.9. The summed E-state index contributed by atoms with van der Waals surface area (Å²) in [4.78, 5) is 20.5. The highest BCUT2D eigenvalue weighted by molar-refractivity contribution is 5.70. The highest BCUT2D eigenvalue weighted by Crippen LogP contribution is 2.30. The molecule has 1 aliphatic rings. The molecule has 2 aromatic heterocycles. The molecule has 3 aromatic rings. The standard InChI is InChI=1S/C17H18N4O5/c22-7-11-13(23)14(24)17(26-11)21-9-18-15-12(21)16(25)19-8-20(15)6-10-4-2-1-3-5-10/h1-5,8-9,11,13-14,17,22-24H,6-7H2. The van der Waals surface area contributed by atoms with Crippen molar-refractivity contribution < 1.29 is 20.1 Å². The van der Waals surface area contributed by atoms with E-state index in [9.17, 15) is 20.1 Å². The van der Waals surface area contributed by atoms with Gasteiger partial charge in [-0.1, -0.05) is 30.3 Å². The Bertz CT molecular complexity index is 970. The van der Waals surface area contributed by atoms with Crippen LogP contribution in [0.3, 0.4) is 0 Å². The normalized spacial score (nSPS) is 25.8. The third-order valence-corrected chi connectivity index (χ3v) is 4.55. The van der Waals surface area contributed by atoms with E-state index in [1.165, 1.54) is 17.2 Å². The van der Waals surface area contributed by atoms with Crippen LogP contribution in [-0.2, 0) is 11.3 Å². The van der Waals surface area contributed by atoms with E-state index in [-0.39, 0.29) is 5.52 Å². The van der Waals surface area contributed by atoms with Crippen LogP contribution in [0.25, 0.3) is 11.2 Å². The average Bonchev–Trinajstić information content (AvgIpc) is 3.21. The second kappa shape index (κ2) is 6.61. The summed E-state index contributed by atoms with van der Waals surface area (Å²) in [6.45, 7) is 0.0233. The molecule has 3 heterocycles. The summed E-state index contributed by atoms with van der Waals surface area (Å²) < 4.78 is 8.58. The Morgan fingerprint density at radius 3 is 2.54 bits per heavy atom. The molecule has 136 valence electrons. The Morgan fingerprint density at radius 1 is 1.08 bits per heavy atom. The van der Waals surface area contributed by atoms with Crippen LogP contribution in [0.1, 0.15) is 11.8 Å². The van der Waals surface area contributed by atoms with E-state index in [1.807, 2.05) is 30.3 Å². The number of aromatic nitrogens is 4. The summed E-state index contributed by atoms with van der Waals surface area (Å²) in [6.07, 6.45) is -1.73. The van der Waals surface area contributed by atoms with Crippen LogP contribution in [0.4, 0.5) is 0 Å². The van der Waals surface area contributed by atoms with Gasteiger partial charge in [0.1, 0.15) is 24.6 Å². The summed E-state index contributed by atoms with van der Waals surface area (Å²) in [5.41, 5.74) is 1.06. The number of fused-ring (bicyclic) bond motifs is 1. The minimum atomic E-state index is -1.30. The van der Waals surface area contributed by atoms with Crippen molar-refractivity contribution in [3.8, 4) is 0 Å². The SMILES string of the molecule is O=c1ncn(Cc2ccccc2)c2ncn(C3OC(CO)C(O)C3O)c12. The summed E-state index contributed by atoms with van der Waals surface area (Å²) in [5, 5.41) is 29.4. The summed E-state index contributed by atoms with van der Waals surface area (Å²) in [5.74, 6) is 0. The predicted molar refractivity (Wildman–Crippen MR) is 90.3 cm³/mol. The van der Waals surface area contributed by atoms with Gasteiger partial charge in [0, 0.05) is 0 Å². The molecule has 1 aromatic carbocycles. The number of benzene rings is 1. The van der Waals surface area contributed by atoms with Gasteiger partial charge < -0.3 is 24.6 Å². The fourth-order valence-corrected chi connectivity index (χ4v) is 3.20. The molecule has 3 N–H and O–H groups in total. The smallest absolute Gasteiger partial charge is 0.298 e. The largest absolute Gasteiger partial charge is 0.394 e. The molecule has 4 rings (SSSR count). The molecule has 4 unspecified atom stereocenters. The van der Waals surface area contributed by atoms with Crippen LogP contribution in [0.15, 0.2) is 47.8 Å². The summed E-state index contributed by atoms with van der Waals surface area (Å²) >= 11 is 0. The Kier molecular flexibility index (Phi) is 4.29. The number of ether oxygens (including phenoxy) is 1. The lowest BCUT2D eigenvalue weighted by Crippen LogP contribution is -2.33. The number of hydrogen-bond donors (Lipinski definition) is 3. The second-order valence-corrected chi connectivity index (χ2v) is 6.22. The molecule has 0 aliphatic carbocycles. The highest BCUT2D eigenvalue weighted by atomic mass is 16.6. The van der Waals surface area contributed by atoms with Gasteiger partial charge in [-0.05, 0) is 5.56 Å². The van der Waals surface area contributed by atoms with Crippen molar-refractivity contribution in [3.05, 3.63) is 58.9 Å². The topological polar surface area (TPSA) is 123 Å². The molecule has 0 bridgehead atoms. The molecule has 0 amide bonds. The molecular formula is C17H18N4O5. The van der Waals surface area contributed by atoms with E-state index in [1.54, 1.807) is 4.57 Å². The van der Waals surface area contributed by atoms with Gasteiger partial charge in [-0.25, -0.2) is 4.98 Å². The highest BCUT2D eigenvalue weighted by Gasteiger charge is 2.44. The molecule has 4 atom stereocenters. The maximum Gasteiger partial charge on any atom is 0.298 e. The lowest BCUT2D eigenvalue weighted by Gasteiger charge is -2.16. The third-order valence-electron chi connectivity index (χ3n) is 4.55. The fourth-order valence-electron chi connectivity index (χ4n) is 3.20. The first-order chi connectivity index (χ1) is 12.6. The maximum atomic E-state index is 12.3. The molecule has 0 saturated carbocycles. The predicted octanol–water partition coefficient (Wildman–Crippen LogP) is -0.747. The Labute approximate surface area is 147 Å². The number of nitrogens with zero attached hydrogens (tertiary/aromatic N) is 4. The Hall–Kier alpha value is -2.59. The monoisotopic (exact) mass is 358 g/mol. The van der Waals surface area contributed by atoms with E-state index in [4.69, 9.17) is 4.74 Å². The molecule has 9 heteroatoms. The number of rotatable bonds is 4. The lowest BCUT2D eigenvalue weighted by molar-refractivity contribution is -0.0509. The van der Waals surface area contributed by atoms with Crippen LogP contribution < -0.4 is 5.56 Å². The first-order valence-electron chi connectivity index (χ1n) is 8.18. The van der Waals surface area contributed by atoms with Crippen molar-refractivity contribution in [3.63, 3.8) is 0 Å². The van der Waals surface area contributed by atoms with Gasteiger partial charge in [0.2, 0.25) is 0 Å². The van der Waals surface area contributed by atoms with Crippen molar-refractivity contribution in [2.24, 2.45) is 0 Å². The van der Waals surface area contributed by atoms with Crippen LogP contribution in [0.5, 0.6) is 0 Å². The van der Waals surface area contributed by atoms with Gasteiger partial charge in [-0.3, -0.25) is 9.36 Å². The Morgan fingerprint density at radius 2 is 1.85 bits per heavy atom. The van der Waals surface area contributed by atoms with Crippen molar-refractivity contribution >= 4 is 11.2 Å². The van der Waals surface area contributed by atoms with Gasteiger partial charge in [0.05, 0.1) is 19.5 Å². The van der Waals surface area contributed by atoms with E-state index < -0.39 is 36.7 Å². The van der Waals surface area contributed by atoms with Gasteiger partial charge in [-0.15, -0.1) is 0 Å². The molecule has 0 spiro atoms. The fraction of sp³-hybridized carbons (Fsp3) is 0.353. The van der Waals surface area contributed by atoms with Crippen LogP contribution in [0, 0.1) is 0 Å². The zero-order valence-electron chi connectivity index (χ0n) is 13.7. The van der Waals surface area contributed by atoms with Crippen LogP contribution >= 0.6 is 0 Å². The van der Waals surface area contributed by atoms with Gasteiger partial charge in [-0.2, -0.15) is 4.98 Å². The molecule has 0 radical (unpaired) electrons. The number of aliphatic hydroxyl groups is 3. The zero-order chi connectivity index (χ0) is 18.3. The molecule has 1 aliphatic heterocycles. The first-order valence-corrected chi connectivity index (χ1v) is 8.18. The van der Waals surface area contributed by atoms with Crippen molar-refractivity contribution in [1.82, 2.24) is 19.1 Å². The summed E-state index contributed by atoms with van der Waals surface area (Å²) in [6, 6.07) is 9.65. The number of imidazole rings is 1. The van der Waals surface area contributed by atoms with Crippen molar-refractivity contribution in [2.75, 3.05) is 6.61 Å². The van der Waals surface area contributed by atoms with E-state index in [0.717, 1.165) is 5.56 Å². The second-order valence-electron chi connectivity index (χ2n) is 6.22. The van der Waals surface area contributed by atoms with Gasteiger partial charge in [0.25, 0.3) is 5.56 Å². The maximum absolute atomic E-state index is 12.3. The van der Waals surface area contributed by atoms with Crippen LogP contribution in [0.2, 0.25) is 0 Å². The average molecular weight is 358 g/mol. The molecule has 26 heavy (non-hydrogen) atoms. The Balaban J connectivity index is 1.77. The van der Waals surface area contributed by atoms with Crippen molar-refractivity contribution in [2.45, 2.75) is 31.1 Å². The minimum Gasteiger partial charge on any atom is -0.394 e. The number of hydrogen-bond acceptors (Lipinski definition) is 7. The molecule has 1 saturated heterocycles. The minimum absolute atomic E-state index is 0.165. The lowest BCUT2D eigenvalue weighted by atomic mass is 10.1. The van der Waals surface area contributed by atoms with Gasteiger partial charge in [0.15, 0.2) is 17.4 Å². The van der Waals surface area contributed by atoms with E-state index in [0.29, 0.717) is 12.2 Å². The summed E-state index contributed by atoms with van der Waals surface area (Å²) in [7, 11) is 0. The third kappa shape index (κ3) is 2.71. The quantitative estimate of drug-likeness (QED) is 0.561. The van der Waals surface area contributed by atoms with Crippen LogP contribution in [-0.4, -0.2) is 59.3 Å².